The molecule has 14 heteroatoms. The predicted octanol–water partition coefficient (Wildman–Crippen LogP) is 4.08. The smallest absolute Gasteiger partial charge is 0.389 e. The normalized spacial score (nSPS) is 18.7. The van der Waals surface area contributed by atoms with Gasteiger partial charge in [-0.3, -0.25) is 9.59 Å². The Hall–Kier alpha value is -4.20. The van der Waals surface area contributed by atoms with Gasteiger partial charge in [0.25, 0.3) is 5.91 Å². The molecule has 3 atom stereocenters. The van der Waals surface area contributed by atoms with Crippen LogP contribution in [0.25, 0.3) is 0 Å². The second-order valence-electron chi connectivity index (χ2n) is 10.4. The van der Waals surface area contributed by atoms with Gasteiger partial charge in [-0.1, -0.05) is 6.92 Å². The Morgan fingerprint density at radius 2 is 1.76 bits per heavy atom. The number of rotatable bonds is 8. The van der Waals surface area contributed by atoms with Crippen LogP contribution in [0.1, 0.15) is 37.0 Å². The molecular formula is C28H33F3N4O7. The Labute approximate surface area is 240 Å². The maximum absolute atomic E-state index is 13.5. The third-order valence-electron chi connectivity index (χ3n) is 7.01. The van der Waals surface area contributed by atoms with Crippen LogP contribution in [0, 0.1) is 5.92 Å². The molecule has 2 aliphatic rings. The largest absolute Gasteiger partial charge is 0.487 e. The van der Waals surface area contributed by atoms with Crippen LogP contribution in [-0.4, -0.2) is 84.6 Å². The van der Waals surface area contributed by atoms with Gasteiger partial charge in [0.2, 0.25) is 12.7 Å². The minimum atomic E-state index is -4.48. The number of aliphatic hydroxyl groups excluding tert-OH is 1. The summed E-state index contributed by atoms with van der Waals surface area (Å²) in [6.45, 7) is 3.64. The van der Waals surface area contributed by atoms with Crippen LogP contribution in [-0.2, 0) is 4.79 Å². The van der Waals surface area contributed by atoms with E-state index >= 15 is 0 Å². The van der Waals surface area contributed by atoms with Crippen LogP contribution in [0.5, 0.6) is 17.2 Å². The lowest BCUT2D eigenvalue weighted by Gasteiger charge is -2.38. The van der Waals surface area contributed by atoms with Gasteiger partial charge in [0.15, 0.2) is 11.5 Å². The van der Waals surface area contributed by atoms with E-state index in [0.29, 0.717) is 17.2 Å². The molecule has 3 N–H and O–H groups in total. The lowest BCUT2D eigenvalue weighted by molar-refractivity contribution is -0.142. The second-order valence-corrected chi connectivity index (χ2v) is 10.4. The van der Waals surface area contributed by atoms with Crippen LogP contribution < -0.4 is 24.8 Å². The minimum Gasteiger partial charge on any atom is -0.487 e. The minimum absolute atomic E-state index is 0.0632. The standard InChI is InChI=1S/C28H33F3N4O7/c1-16-12-35(17(2)14-36)26(38)20-10-18(32-25(37)8-9-28(29,30)31)4-6-21(20)42-24(16)13-34(3)27(39)33-19-5-7-22-23(11-19)41-15-40-22/h4-7,10-11,16-17,24,36H,8-9,12-15H2,1-3H3,(H,32,37)(H,33,39)/t16-,17+,24+/m0/s1. The molecule has 2 aliphatic heterocycles. The number of fused-ring (bicyclic) bond motifs is 2. The van der Waals surface area contributed by atoms with Crippen molar-refractivity contribution in [2.24, 2.45) is 5.92 Å². The molecule has 0 aliphatic carbocycles. The zero-order valence-electron chi connectivity index (χ0n) is 23.4. The van der Waals surface area contributed by atoms with Crippen LogP contribution >= 0.6 is 0 Å². The molecule has 0 bridgehead atoms. The first-order chi connectivity index (χ1) is 19.8. The predicted molar refractivity (Wildman–Crippen MR) is 146 cm³/mol. The molecule has 42 heavy (non-hydrogen) atoms. The van der Waals surface area contributed by atoms with Gasteiger partial charge in [0, 0.05) is 43.4 Å². The number of likely N-dealkylation sites (N-methyl/N-ethyl adjacent to an activating group) is 1. The number of benzene rings is 2. The van der Waals surface area contributed by atoms with E-state index in [9.17, 15) is 32.7 Å². The van der Waals surface area contributed by atoms with Gasteiger partial charge in [0.1, 0.15) is 11.9 Å². The average Bonchev–Trinajstić information content (AvgIpc) is 3.41. The highest BCUT2D eigenvalue weighted by molar-refractivity contribution is 6.00. The molecule has 0 saturated heterocycles. The highest BCUT2D eigenvalue weighted by Crippen LogP contribution is 2.35. The van der Waals surface area contributed by atoms with Crippen molar-refractivity contribution < 1.29 is 46.9 Å². The number of anilines is 2. The molecule has 228 valence electrons. The summed E-state index contributed by atoms with van der Waals surface area (Å²) >= 11 is 0. The number of hydrogen-bond donors (Lipinski definition) is 3. The molecule has 0 saturated carbocycles. The summed E-state index contributed by atoms with van der Waals surface area (Å²) in [7, 11) is 1.59. The first kappa shape index (κ1) is 30.8. The number of amides is 4. The molecular weight excluding hydrogens is 561 g/mol. The van der Waals surface area contributed by atoms with Gasteiger partial charge < -0.3 is 39.8 Å². The Bertz CT molecular complexity index is 1320. The highest BCUT2D eigenvalue weighted by Gasteiger charge is 2.34. The lowest BCUT2D eigenvalue weighted by Crippen LogP contribution is -2.50. The number of nitrogens with one attached hydrogen (secondary N) is 2. The van der Waals surface area contributed by atoms with E-state index in [1.54, 1.807) is 32.2 Å². The number of aliphatic hydroxyl groups is 1. The summed E-state index contributed by atoms with van der Waals surface area (Å²) in [5.74, 6) is -0.339. The van der Waals surface area contributed by atoms with Crippen LogP contribution in [0.2, 0.25) is 0 Å². The van der Waals surface area contributed by atoms with Gasteiger partial charge in [-0.25, -0.2) is 4.79 Å². The Morgan fingerprint density at radius 1 is 1.10 bits per heavy atom. The molecule has 2 aromatic rings. The van der Waals surface area contributed by atoms with Crippen LogP contribution in [0.15, 0.2) is 36.4 Å². The molecule has 11 nitrogen and oxygen atoms in total. The van der Waals surface area contributed by atoms with Crippen molar-refractivity contribution in [3.8, 4) is 17.2 Å². The van der Waals surface area contributed by atoms with Crippen molar-refractivity contribution in [1.82, 2.24) is 9.80 Å². The first-order valence-electron chi connectivity index (χ1n) is 13.4. The summed E-state index contributed by atoms with van der Waals surface area (Å²) in [6, 6.07) is 8.26. The van der Waals surface area contributed by atoms with E-state index in [1.165, 1.54) is 28.0 Å². The lowest BCUT2D eigenvalue weighted by atomic mass is 9.99. The quantitative estimate of drug-likeness (QED) is 0.420. The summed E-state index contributed by atoms with van der Waals surface area (Å²) < 4.78 is 54.5. The SMILES string of the molecule is C[C@H](CO)N1C[C@H](C)[C@@H](CN(C)C(=O)Nc2ccc3c(c2)OCO3)Oc2ccc(NC(=O)CCC(F)(F)F)cc2C1=O. The zero-order chi connectivity index (χ0) is 30.6. The molecule has 0 fully saturated rings. The number of carbonyl (C=O) groups excluding carboxylic acids is 3. The van der Waals surface area contributed by atoms with E-state index in [4.69, 9.17) is 14.2 Å². The fraction of sp³-hybridized carbons (Fsp3) is 0.464. The van der Waals surface area contributed by atoms with Crippen molar-refractivity contribution in [3.63, 3.8) is 0 Å². The van der Waals surface area contributed by atoms with Gasteiger partial charge in [-0.15, -0.1) is 0 Å². The van der Waals surface area contributed by atoms with Crippen molar-refractivity contribution in [3.05, 3.63) is 42.0 Å². The van der Waals surface area contributed by atoms with E-state index in [-0.39, 0.29) is 49.4 Å². The van der Waals surface area contributed by atoms with Crippen molar-refractivity contribution in [2.45, 2.75) is 45.0 Å². The number of alkyl halides is 3. The zero-order valence-corrected chi connectivity index (χ0v) is 23.4. The molecule has 0 radical (unpaired) electrons. The van der Waals surface area contributed by atoms with Crippen molar-refractivity contribution in [1.29, 1.82) is 0 Å². The Balaban J connectivity index is 1.52. The monoisotopic (exact) mass is 594 g/mol. The van der Waals surface area contributed by atoms with E-state index in [2.05, 4.69) is 10.6 Å². The summed E-state index contributed by atoms with van der Waals surface area (Å²) in [5, 5.41) is 15.0. The number of ether oxygens (including phenoxy) is 3. The van der Waals surface area contributed by atoms with Gasteiger partial charge in [0.05, 0.1) is 31.2 Å². The second kappa shape index (κ2) is 12.8. The molecule has 4 rings (SSSR count). The molecule has 0 unspecified atom stereocenters. The van der Waals surface area contributed by atoms with E-state index in [1.807, 2.05) is 6.92 Å². The first-order valence-corrected chi connectivity index (χ1v) is 13.4. The highest BCUT2D eigenvalue weighted by atomic mass is 19.4. The molecule has 0 spiro atoms. The fourth-order valence-corrected chi connectivity index (χ4v) is 4.54. The number of halogens is 3. The van der Waals surface area contributed by atoms with Gasteiger partial charge in [-0.05, 0) is 37.3 Å². The van der Waals surface area contributed by atoms with Gasteiger partial charge >= 0.3 is 12.2 Å². The maximum atomic E-state index is 13.5. The third kappa shape index (κ3) is 7.55. The number of hydrogen-bond acceptors (Lipinski definition) is 7. The molecule has 2 heterocycles. The van der Waals surface area contributed by atoms with Gasteiger partial charge in [-0.2, -0.15) is 13.2 Å². The number of carbonyl (C=O) groups is 3. The number of nitrogens with zero attached hydrogens (tertiary/aromatic N) is 2. The van der Waals surface area contributed by atoms with E-state index in [0.717, 1.165) is 0 Å². The third-order valence-corrected chi connectivity index (χ3v) is 7.01. The molecule has 0 aromatic heterocycles. The molecule has 2 aromatic carbocycles. The van der Waals surface area contributed by atoms with Crippen molar-refractivity contribution >= 4 is 29.2 Å². The Morgan fingerprint density at radius 3 is 2.45 bits per heavy atom. The Kier molecular flexibility index (Phi) is 9.34. The fourth-order valence-electron chi connectivity index (χ4n) is 4.54. The van der Waals surface area contributed by atoms with E-state index < -0.39 is 49.0 Å². The summed E-state index contributed by atoms with van der Waals surface area (Å²) in [4.78, 5) is 41.5. The average molecular weight is 595 g/mol. The molecule has 4 amide bonds. The van der Waals surface area contributed by atoms with Crippen LogP contribution in [0.4, 0.5) is 29.3 Å². The van der Waals surface area contributed by atoms with Crippen LogP contribution in [0.3, 0.4) is 0 Å². The number of urea groups is 1. The summed E-state index contributed by atoms with van der Waals surface area (Å²) in [6.07, 6.45) is -7.11. The van der Waals surface area contributed by atoms with Crippen molar-refractivity contribution in [2.75, 3.05) is 44.2 Å². The maximum Gasteiger partial charge on any atom is 0.389 e. The topological polar surface area (TPSA) is 130 Å². The summed E-state index contributed by atoms with van der Waals surface area (Å²) in [5.41, 5.74) is 0.694.